The highest BCUT2D eigenvalue weighted by Crippen LogP contribution is 2.28. The maximum Gasteiger partial charge on any atom is 0.261 e. The second-order valence-corrected chi connectivity index (χ2v) is 7.38. The van der Waals surface area contributed by atoms with Gasteiger partial charge in [-0.25, -0.2) is 8.42 Å². The summed E-state index contributed by atoms with van der Waals surface area (Å²) in [6, 6.07) is 11.6. The number of benzene rings is 2. The lowest BCUT2D eigenvalue weighted by atomic mass is 10.2. The molecule has 2 aromatic rings. The third-order valence-electron chi connectivity index (χ3n) is 2.79. The zero-order valence-electron chi connectivity index (χ0n) is 11.2. The molecule has 7 heteroatoms. The Morgan fingerprint density at radius 2 is 1.81 bits per heavy atom. The standard InChI is InChI=1S/C14H14BrClN2O2S/c1-17-9-10-2-5-12(6-3-10)21(19,20)18-14-7-4-11(16)8-13(14)15/h2-8,17-18H,9H2,1H3. The molecule has 0 radical (unpaired) electrons. The maximum absolute atomic E-state index is 12.3. The summed E-state index contributed by atoms with van der Waals surface area (Å²) in [5.41, 5.74) is 1.46. The first kappa shape index (κ1) is 16.3. The third-order valence-corrected chi connectivity index (χ3v) is 5.06. The summed E-state index contributed by atoms with van der Waals surface area (Å²) >= 11 is 9.12. The molecule has 2 N–H and O–H groups in total. The zero-order chi connectivity index (χ0) is 15.5. The number of rotatable bonds is 5. The number of hydrogen-bond acceptors (Lipinski definition) is 3. The van der Waals surface area contributed by atoms with E-state index in [1.165, 1.54) is 0 Å². The predicted octanol–water partition coefficient (Wildman–Crippen LogP) is 3.62. The number of nitrogens with one attached hydrogen (secondary N) is 2. The molecule has 0 amide bonds. The fourth-order valence-electron chi connectivity index (χ4n) is 1.77. The number of sulfonamides is 1. The summed E-state index contributed by atoms with van der Waals surface area (Å²) in [6.45, 7) is 0.691. The molecule has 0 atom stereocenters. The van der Waals surface area contributed by atoms with Crippen LogP contribution in [-0.4, -0.2) is 15.5 Å². The highest BCUT2D eigenvalue weighted by Gasteiger charge is 2.15. The van der Waals surface area contributed by atoms with Crippen molar-refractivity contribution >= 4 is 43.2 Å². The van der Waals surface area contributed by atoms with Crippen LogP contribution < -0.4 is 10.0 Å². The van der Waals surface area contributed by atoms with E-state index in [0.717, 1.165) is 5.56 Å². The van der Waals surface area contributed by atoms with Gasteiger partial charge in [-0.2, -0.15) is 0 Å². The highest BCUT2D eigenvalue weighted by molar-refractivity contribution is 9.10. The van der Waals surface area contributed by atoms with Gasteiger partial charge in [-0.3, -0.25) is 4.72 Å². The largest absolute Gasteiger partial charge is 0.316 e. The molecule has 2 aromatic carbocycles. The molecule has 0 bridgehead atoms. The smallest absolute Gasteiger partial charge is 0.261 e. The van der Waals surface area contributed by atoms with Crippen molar-refractivity contribution in [2.75, 3.05) is 11.8 Å². The molecule has 0 unspecified atom stereocenters. The molecule has 0 spiro atoms. The Balaban J connectivity index is 2.25. The molecule has 2 rings (SSSR count). The van der Waals surface area contributed by atoms with E-state index in [0.29, 0.717) is 21.7 Å². The summed E-state index contributed by atoms with van der Waals surface area (Å²) in [5.74, 6) is 0. The van der Waals surface area contributed by atoms with Gasteiger partial charge < -0.3 is 5.32 Å². The van der Waals surface area contributed by atoms with Gasteiger partial charge in [0.2, 0.25) is 0 Å². The van der Waals surface area contributed by atoms with E-state index in [2.05, 4.69) is 26.0 Å². The van der Waals surface area contributed by atoms with E-state index in [9.17, 15) is 8.42 Å². The zero-order valence-corrected chi connectivity index (χ0v) is 14.4. The number of hydrogen-bond donors (Lipinski definition) is 2. The van der Waals surface area contributed by atoms with E-state index in [-0.39, 0.29) is 4.90 Å². The Morgan fingerprint density at radius 3 is 2.38 bits per heavy atom. The summed E-state index contributed by atoms with van der Waals surface area (Å²) in [4.78, 5) is 0.212. The van der Waals surface area contributed by atoms with Gasteiger partial charge in [0.1, 0.15) is 0 Å². The first-order valence-electron chi connectivity index (χ1n) is 6.14. The van der Waals surface area contributed by atoms with Gasteiger partial charge in [-0.15, -0.1) is 0 Å². The molecule has 0 heterocycles. The fraction of sp³-hybridized carbons (Fsp3) is 0.143. The summed E-state index contributed by atoms with van der Waals surface area (Å²) in [6.07, 6.45) is 0. The normalized spacial score (nSPS) is 11.4. The van der Waals surface area contributed by atoms with Crippen LogP contribution in [0.15, 0.2) is 51.8 Å². The predicted molar refractivity (Wildman–Crippen MR) is 89.2 cm³/mol. The van der Waals surface area contributed by atoms with Crippen LogP contribution in [0.5, 0.6) is 0 Å². The van der Waals surface area contributed by atoms with Crippen molar-refractivity contribution in [1.82, 2.24) is 5.32 Å². The minimum atomic E-state index is -3.62. The van der Waals surface area contributed by atoms with Gasteiger partial charge in [0.25, 0.3) is 10.0 Å². The van der Waals surface area contributed by atoms with Gasteiger partial charge in [0.05, 0.1) is 10.6 Å². The monoisotopic (exact) mass is 388 g/mol. The Morgan fingerprint density at radius 1 is 1.14 bits per heavy atom. The average molecular weight is 390 g/mol. The Bertz CT molecular complexity index is 733. The minimum Gasteiger partial charge on any atom is -0.316 e. The van der Waals surface area contributed by atoms with Gasteiger partial charge in [0.15, 0.2) is 0 Å². The molecular formula is C14H14BrClN2O2S. The molecule has 0 aromatic heterocycles. The van der Waals surface area contributed by atoms with E-state index >= 15 is 0 Å². The minimum absolute atomic E-state index is 0.212. The topological polar surface area (TPSA) is 58.2 Å². The third kappa shape index (κ3) is 4.20. The second-order valence-electron chi connectivity index (χ2n) is 4.40. The van der Waals surface area contributed by atoms with Gasteiger partial charge in [0, 0.05) is 16.0 Å². The van der Waals surface area contributed by atoms with Crippen molar-refractivity contribution < 1.29 is 8.42 Å². The van der Waals surface area contributed by atoms with E-state index < -0.39 is 10.0 Å². The van der Waals surface area contributed by atoms with Crippen LogP contribution in [0.25, 0.3) is 0 Å². The van der Waals surface area contributed by atoms with Crippen LogP contribution in [0.1, 0.15) is 5.56 Å². The first-order valence-corrected chi connectivity index (χ1v) is 8.79. The van der Waals surface area contributed by atoms with Crippen molar-refractivity contribution in [2.45, 2.75) is 11.4 Å². The molecule has 4 nitrogen and oxygen atoms in total. The molecule has 0 aliphatic carbocycles. The van der Waals surface area contributed by atoms with Crippen LogP contribution in [0.4, 0.5) is 5.69 Å². The molecule has 0 aliphatic heterocycles. The van der Waals surface area contributed by atoms with Gasteiger partial charge in [-0.1, -0.05) is 23.7 Å². The van der Waals surface area contributed by atoms with E-state index in [1.54, 1.807) is 42.5 Å². The van der Waals surface area contributed by atoms with Crippen molar-refractivity contribution in [2.24, 2.45) is 0 Å². The molecule has 0 fully saturated rings. The highest BCUT2D eigenvalue weighted by atomic mass is 79.9. The number of halogens is 2. The van der Waals surface area contributed by atoms with Crippen LogP contribution >= 0.6 is 27.5 Å². The van der Waals surface area contributed by atoms with Gasteiger partial charge >= 0.3 is 0 Å². The molecular weight excluding hydrogens is 376 g/mol. The Labute approximate surface area is 137 Å². The molecule has 0 aliphatic rings. The molecule has 112 valence electrons. The summed E-state index contributed by atoms with van der Waals surface area (Å²) in [5, 5.41) is 3.54. The summed E-state index contributed by atoms with van der Waals surface area (Å²) < 4.78 is 27.8. The van der Waals surface area contributed by atoms with Crippen molar-refractivity contribution in [1.29, 1.82) is 0 Å². The Kier molecular flexibility index (Phi) is 5.27. The second kappa shape index (κ2) is 6.79. The molecule has 21 heavy (non-hydrogen) atoms. The Hall–Kier alpha value is -1.08. The van der Waals surface area contributed by atoms with Crippen LogP contribution in [0.2, 0.25) is 5.02 Å². The van der Waals surface area contributed by atoms with Crippen molar-refractivity contribution in [3.05, 3.63) is 57.5 Å². The van der Waals surface area contributed by atoms with Crippen LogP contribution in [0.3, 0.4) is 0 Å². The lowest BCUT2D eigenvalue weighted by Gasteiger charge is -2.10. The fourth-order valence-corrected chi connectivity index (χ4v) is 3.76. The average Bonchev–Trinajstić information content (AvgIpc) is 2.43. The lowest BCUT2D eigenvalue weighted by Crippen LogP contribution is -2.13. The first-order chi connectivity index (χ1) is 9.92. The van der Waals surface area contributed by atoms with Crippen LogP contribution in [0, 0.1) is 0 Å². The van der Waals surface area contributed by atoms with E-state index in [4.69, 9.17) is 11.6 Å². The van der Waals surface area contributed by atoms with E-state index in [1.807, 2.05) is 7.05 Å². The lowest BCUT2D eigenvalue weighted by molar-refractivity contribution is 0.601. The van der Waals surface area contributed by atoms with Gasteiger partial charge in [-0.05, 0) is 58.9 Å². The molecule has 0 saturated heterocycles. The number of anilines is 1. The SMILES string of the molecule is CNCc1ccc(S(=O)(=O)Nc2ccc(Cl)cc2Br)cc1. The van der Waals surface area contributed by atoms with Crippen LogP contribution in [-0.2, 0) is 16.6 Å². The van der Waals surface area contributed by atoms with Crippen molar-refractivity contribution in [3.63, 3.8) is 0 Å². The quantitative estimate of drug-likeness (QED) is 0.821. The molecule has 0 saturated carbocycles. The maximum atomic E-state index is 12.3. The van der Waals surface area contributed by atoms with Crippen molar-refractivity contribution in [3.8, 4) is 0 Å². The summed E-state index contributed by atoms with van der Waals surface area (Å²) in [7, 11) is -1.79.